The normalized spacial score (nSPS) is 21.4. The maximum absolute atomic E-state index is 13.4. The Morgan fingerprint density at radius 3 is 3.05 bits per heavy atom. The topological polar surface area (TPSA) is 50.4 Å². The van der Waals surface area contributed by atoms with Crippen molar-refractivity contribution in [2.24, 2.45) is 5.92 Å². The molecule has 2 N–H and O–H groups in total. The van der Waals surface area contributed by atoms with Crippen molar-refractivity contribution in [3.05, 3.63) is 24.0 Å². The monoisotopic (exact) mass is 324 g/mol. The molecule has 0 aromatic heterocycles. The molecule has 1 atom stereocenters. The minimum absolute atomic E-state index is 0.0668. The molecule has 22 heavy (non-hydrogen) atoms. The molecular formula is C16H21FN2O2S. The van der Waals surface area contributed by atoms with Gasteiger partial charge in [-0.15, -0.1) is 0 Å². The predicted molar refractivity (Wildman–Crippen MR) is 87.0 cm³/mol. The Kier molecular flexibility index (Phi) is 5.20. The van der Waals surface area contributed by atoms with E-state index >= 15 is 0 Å². The van der Waals surface area contributed by atoms with Crippen LogP contribution >= 0.6 is 11.8 Å². The zero-order chi connectivity index (χ0) is 15.4. The lowest BCUT2D eigenvalue weighted by Gasteiger charge is -2.22. The number of ether oxygens (including phenoxy) is 1. The first-order valence-electron chi connectivity index (χ1n) is 7.74. The van der Waals surface area contributed by atoms with E-state index in [9.17, 15) is 9.18 Å². The summed E-state index contributed by atoms with van der Waals surface area (Å²) in [6, 6.07) is 4.45. The first-order chi connectivity index (χ1) is 10.7. The van der Waals surface area contributed by atoms with Crippen LogP contribution in [-0.2, 0) is 4.79 Å². The van der Waals surface area contributed by atoms with Crippen LogP contribution in [0, 0.1) is 11.7 Å². The van der Waals surface area contributed by atoms with Crippen molar-refractivity contribution in [1.82, 2.24) is 5.32 Å². The van der Waals surface area contributed by atoms with E-state index in [4.69, 9.17) is 4.74 Å². The van der Waals surface area contributed by atoms with Gasteiger partial charge in [0.1, 0.15) is 11.6 Å². The molecule has 1 aromatic carbocycles. The lowest BCUT2D eigenvalue weighted by molar-refractivity contribution is -0.116. The number of amides is 1. The summed E-state index contributed by atoms with van der Waals surface area (Å²) < 4.78 is 19.1. The van der Waals surface area contributed by atoms with Crippen LogP contribution in [0.1, 0.15) is 19.3 Å². The van der Waals surface area contributed by atoms with Gasteiger partial charge in [-0.25, -0.2) is 4.39 Å². The van der Waals surface area contributed by atoms with Crippen molar-refractivity contribution in [2.45, 2.75) is 25.3 Å². The second kappa shape index (κ2) is 7.33. The van der Waals surface area contributed by atoms with Crippen LogP contribution < -0.4 is 15.4 Å². The third-order valence-electron chi connectivity index (χ3n) is 3.82. The van der Waals surface area contributed by atoms with E-state index in [1.165, 1.54) is 25.0 Å². The SMILES string of the molecule is O=C(CC1CSCCN1)Nc1ccc(F)cc1OCC1CC1. The number of halogens is 1. The zero-order valence-electron chi connectivity index (χ0n) is 12.4. The van der Waals surface area contributed by atoms with Gasteiger partial charge in [-0.05, 0) is 30.9 Å². The summed E-state index contributed by atoms with van der Waals surface area (Å²) in [5.41, 5.74) is 0.551. The van der Waals surface area contributed by atoms with Gasteiger partial charge in [0.05, 0.1) is 12.3 Å². The molecule has 1 amide bonds. The summed E-state index contributed by atoms with van der Waals surface area (Å²) in [6.07, 6.45) is 2.76. The van der Waals surface area contributed by atoms with Crippen molar-refractivity contribution >= 4 is 23.4 Å². The molecule has 3 rings (SSSR count). The van der Waals surface area contributed by atoms with Crippen LogP contribution in [0.3, 0.4) is 0 Å². The number of anilines is 1. The van der Waals surface area contributed by atoms with E-state index in [-0.39, 0.29) is 17.8 Å². The number of nitrogens with one attached hydrogen (secondary N) is 2. The number of hydrogen-bond donors (Lipinski definition) is 2. The largest absolute Gasteiger partial charge is 0.491 e. The molecule has 120 valence electrons. The Bertz CT molecular complexity index is 531. The van der Waals surface area contributed by atoms with Gasteiger partial charge in [-0.3, -0.25) is 4.79 Å². The van der Waals surface area contributed by atoms with Gasteiger partial charge in [0, 0.05) is 36.6 Å². The van der Waals surface area contributed by atoms with Crippen LogP contribution in [0.4, 0.5) is 10.1 Å². The molecule has 1 heterocycles. The van der Waals surface area contributed by atoms with Crippen molar-refractivity contribution in [2.75, 3.05) is 30.0 Å². The molecular weight excluding hydrogens is 303 g/mol. The van der Waals surface area contributed by atoms with E-state index in [0.717, 1.165) is 18.1 Å². The molecule has 1 aliphatic carbocycles. The van der Waals surface area contributed by atoms with Gasteiger partial charge in [0.25, 0.3) is 0 Å². The molecule has 2 aliphatic rings. The molecule has 0 spiro atoms. The summed E-state index contributed by atoms with van der Waals surface area (Å²) in [7, 11) is 0. The minimum atomic E-state index is -0.353. The summed E-state index contributed by atoms with van der Waals surface area (Å²) in [5.74, 6) is 2.62. The van der Waals surface area contributed by atoms with Crippen molar-refractivity contribution in [1.29, 1.82) is 0 Å². The molecule has 1 aliphatic heterocycles. The van der Waals surface area contributed by atoms with Gasteiger partial charge in [0.15, 0.2) is 0 Å². The first-order valence-corrected chi connectivity index (χ1v) is 8.89. The predicted octanol–water partition coefficient (Wildman–Crippen LogP) is 2.65. The molecule has 1 aromatic rings. The van der Waals surface area contributed by atoms with Gasteiger partial charge in [0.2, 0.25) is 5.91 Å². The lowest BCUT2D eigenvalue weighted by atomic mass is 10.2. The number of benzene rings is 1. The second-order valence-corrected chi connectivity index (χ2v) is 7.02. The first kappa shape index (κ1) is 15.6. The van der Waals surface area contributed by atoms with Gasteiger partial charge < -0.3 is 15.4 Å². The fourth-order valence-electron chi connectivity index (χ4n) is 2.39. The molecule has 1 unspecified atom stereocenters. The van der Waals surface area contributed by atoms with E-state index in [1.807, 2.05) is 11.8 Å². The van der Waals surface area contributed by atoms with Crippen molar-refractivity contribution < 1.29 is 13.9 Å². The summed E-state index contributed by atoms with van der Waals surface area (Å²) in [4.78, 5) is 12.2. The van der Waals surface area contributed by atoms with Gasteiger partial charge in [-0.1, -0.05) is 0 Å². The molecule has 4 nitrogen and oxygen atoms in total. The third-order valence-corrected chi connectivity index (χ3v) is 4.95. The summed E-state index contributed by atoms with van der Waals surface area (Å²) in [5, 5.41) is 6.18. The average Bonchev–Trinajstić information content (AvgIpc) is 3.33. The Hall–Kier alpha value is -1.27. The Morgan fingerprint density at radius 2 is 2.32 bits per heavy atom. The van der Waals surface area contributed by atoms with E-state index < -0.39 is 0 Å². The van der Waals surface area contributed by atoms with Crippen LogP contribution in [0.2, 0.25) is 0 Å². The quantitative estimate of drug-likeness (QED) is 0.845. The molecule has 6 heteroatoms. The van der Waals surface area contributed by atoms with Gasteiger partial charge >= 0.3 is 0 Å². The summed E-state index contributed by atoms with van der Waals surface area (Å²) >= 11 is 1.86. The molecule has 0 radical (unpaired) electrons. The van der Waals surface area contributed by atoms with Crippen LogP contribution in [-0.4, -0.2) is 36.6 Å². The zero-order valence-corrected chi connectivity index (χ0v) is 13.3. The Labute approximate surface area is 134 Å². The average molecular weight is 324 g/mol. The highest BCUT2D eigenvalue weighted by molar-refractivity contribution is 7.99. The molecule has 1 saturated carbocycles. The van der Waals surface area contributed by atoms with E-state index in [2.05, 4.69) is 10.6 Å². The van der Waals surface area contributed by atoms with Crippen LogP contribution in [0.5, 0.6) is 5.75 Å². The fraction of sp³-hybridized carbons (Fsp3) is 0.562. The number of carbonyl (C=O) groups is 1. The maximum Gasteiger partial charge on any atom is 0.226 e. The number of rotatable bonds is 6. The van der Waals surface area contributed by atoms with Crippen LogP contribution in [0.15, 0.2) is 18.2 Å². The third kappa shape index (κ3) is 4.61. The second-order valence-electron chi connectivity index (χ2n) is 5.87. The number of hydrogen-bond acceptors (Lipinski definition) is 4. The summed E-state index contributed by atoms with van der Waals surface area (Å²) in [6.45, 7) is 1.53. The van der Waals surface area contributed by atoms with E-state index in [1.54, 1.807) is 6.07 Å². The molecule has 2 fully saturated rings. The lowest BCUT2D eigenvalue weighted by Crippen LogP contribution is -2.39. The molecule has 1 saturated heterocycles. The van der Waals surface area contributed by atoms with E-state index in [0.29, 0.717) is 30.4 Å². The van der Waals surface area contributed by atoms with Crippen LogP contribution in [0.25, 0.3) is 0 Å². The highest BCUT2D eigenvalue weighted by atomic mass is 32.2. The highest BCUT2D eigenvalue weighted by Gasteiger charge is 2.23. The molecule has 0 bridgehead atoms. The minimum Gasteiger partial charge on any atom is -0.491 e. The Balaban J connectivity index is 1.58. The van der Waals surface area contributed by atoms with Crippen molar-refractivity contribution in [3.63, 3.8) is 0 Å². The Morgan fingerprint density at radius 1 is 1.45 bits per heavy atom. The fourth-order valence-corrected chi connectivity index (χ4v) is 3.34. The van der Waals surface area contributed by atoms with Crippen molar-refractivity contribution in [3.8, 4) is 5.75 Å². The number of thioether (sulfide) groups is 1. The smallest absolute Gasteiger partial charge is 0.226 e. The number of carbonyl (C=O) groups excluding carboxylic acids is 1. The maximum atomic E-state index is 13.4. The standard InChI is InChI=1S/C16H21FN2O2S/c17-12-3-4-14(15(7-12)21-9-11-1-2-11)19-16(20)8-13-10-22-6-5-18-13/h3-4,7,11,13,18H,1-2,5-6,8-10H2,(H,19,20). The van der Waals surface area contributed by atoms with Gasteiger partial charge in [-0.2, -0.15) is 11.8 Å². The highest BCUT2D eigenvalue weighted by Crippen LogP contribution is 2.32.